The van der Waals surface area contributed by atoms with E-state index in [0.717, 1.165) is 31.7 Å². The van der Waals surface area contributed by atoms with E-state index in [-0.39, 0.29) is 18.4 Å². The number of amides is 2. The van der Waals surface area contributed by atoms with Crippen molar-refractivity contribution < 1.29 is 19.2 Å². The van der Waals surface area contributed by atoms with E-state index in [4.69, 9.17) is 16.3 Å². The van der Waals surface area contributed by atoms with E-state index in [1.54, 1.807) is 19.2 Å². The number of carbonyl (C=O) groups is 2. The molecule has 24 heavy (non-hydrogen) atoms. The maximum absolute atomic E-state index is 12.6. The lowest BCUT2D eigenvalue weighted by Gasteiger charge is -2.31. The number of carbonyl (C=O) groups excluding carboxylic acids is 2. The molecule has 3 rings (SSSR count). The maximum Gasteiger partial charge on any atom is 0.264 e. The lowest BCUT2D eigenvalue weighted by Crippen LogP contribution is -3.12. The molecule has 1 atom stereocenters. The van der Waals surface area contributed by atoms with Crippen LogP contribution in [0.2, 0.25) is 5.02 Å². The zero-order valence-corrected chi connectivity index (χ0v) is 14.8. The number of nitrogens with one attached hydrogen (secondary N) is 1. The first kappa shape index (κ1) is 17.0. The Bertz CT molecular complexity index is 644. The van der Waals surface area contributed by atoms with Gasteiger partial charge in [0.2, 0.25) is 5.91 Å². The number of hydrogen-bond donors (Lipinski definition) is 1. The normalized spacial score (nSPS) is 20.5. The number of quaternary nitrogens is 1. The molecule has 0 radical (unpaired) electrons. The van der Waals surface area contributed by atoms with E-state index >= 15 is 0 Å². The first-order valence-corrected chi connectivity index (χ1v) is 8.61. The molecule has 2 heterocycles. The summed E-state index contributed by atoms with van der Waals surface area (Å²) in [6.07, 6.45) is -0.0845. The third kappa shape index (κ3) is 3.65. The van der Waals surface area contributed by atoms with Crippen LogP contribution in [-0.2, 0) is 16.0 Å². The summed E-state index contributed by atoms with van der Waals surface area (Å²) in [6.45, 7) is 3.48. The topological polar surface area (TPSA) is 54.3 Å². The molecule has 1 fully saturated rings. The number of hydrogen-bond acceptors (Lipinski definition) is 3. The molecule has 6 nitrogen and oxygen atoms in total. The lowest BCUT2D eigenvalue weighted by atomic mass is 10.1. The molecule has 0 aliphatic carbocycles. The summed E-state index contributed by atoms with van der Waals surface area (Å²) in [5, 5.41) is 0.631. The van der Waals surface area contributed by atoms with Gasteiger partial charge in [0.25, 0.3) is 5.91 Å². The van der Waals surface area contributed by atoms with Crippen LogP contribution >= 0.6 is 11.6 Å². The van der Waals surface area contributed by atoms with Crippen LogP contribution in [0.5, 0.6) is 5.75 Å². The van der Waals surface area contributed by atoms with Gasteiger partial charge in [-0.1, -0.05) is 11.6 Å². The number of ether oxygens (including phenoxy) is 1. The summed E-state index contributed by atoms with van der Waals surface area (Å²) >= 11 is 5.98. The molecule has 0 saturated carbocycles. The SMILES string of the molecule is CN(CC(=O)N1CC[NH+](C)CC1)C(=O)[C@H]1Cc2cc(Cl)ccc2O1. The molecule has 0 unspecified atom stereocenters. The Morgan fingerprint density at radius 3 is 2.79 bits per heavy atom. The zero-order valence-electron chi connectivity index (χ0n) is 14.0. The van der Waals surface area contributed by atoms with E-state index < -0.39 is 6.10 Å². The Labute approximate surface area is 146 Å². The van der Waals surface area contributed by atoms with E-state index in [1.165, 1.54) is 9.80 Å². The number of likely N-dealkylation sites (N-methyl/N-ethyl adjacent to an activating group) is 2. The number of benzene rings is 1. The number of nitrogens with zero attached hydrogens (tertiary/aromatic N) is 2. The van der Waals surface area contributed by atoms with Crippen LogP contribution in [0.25, 0.3) is 0 Å². The van der Waals surface area contributed by atoms with Crippen LogP contribution in [0.1, 0.15) is 5.56 Å². The van der Waals surface area contributed by atoms with Gasteiger partial charge in [-0.05, 0) is 23.8 Å². The average Bonchev–Trinajstić information content (AvgIpc) is 2.97. The molecule has 0 bridgehead atoms. The van der Waals surface area contributed by atoms with Gasteiger partial charge in [0.05, 0.1) is 39.8 Å². The largest absolute Gasteiger partial charge is 0.480 e. The van der Waals surface area contributed by atoms with Gasteiger partial charge in [-0.25, -0.2) is 0 Å². The van der Waals surface area contributed by atoms with Crippen molar-refractivity contribution in [2.24, 2.45) is 0 Å². The summed E-state index contributed by atoms with van der Waals surface area (Å²) in [5.74, 6) is 0.520. The van der Waals surface area contributed by atoms with Crippen molar-refractivity contribution >= 4 is 23.4 Å². The Hall–Kier alpha value is -1.79. The minimum Gasteiger partial charge on any atom is -0.480 e. The third-order valence-corrected chi connectivity index (χ3v) is 4.93. The van der Waals surface area contributed by atoms with Crippen LogP contribution in [0.15, 0.2) is 18.2 Å². The quantitative estimate of drug-likeness (QED) is 0.795. The highest BCUT2D eigenvalue weighted by molar-refractivity contribution is 6.30. The zero-order chi connectivity index (χ0) is 17.3. The van der Waals surface area contributed by atoms with Crippen molar-refractivity contribution in [3.05, 3.63) is 28.8 Å². The Morgan fingerprint density at radius 2 is 2.08 bits per heavy atom. The standard InChI is InChI=1S/C17H22ClN3O3/c1-19-5-7-21(8-6-19)16(22)11-20(2)17(23)15-10-12-9-13(18)3-4-14(12)24-15/h3-4,9,15H,5-8,10-11H2,1-2H3/p+1/t15-/m1/s1. The van der Waals surface area contributed by atoms with Crippen LogP contribution in [0.3, 0.4) is 0 Å². The fraction of sp³-hybridized carbons (Fsp3) is 0.529. The number of halogens is 1. The van der Waals surface area contributed by atoms with Gasteiger partial charge >= 0.3 is 0 Å². The fourth-order valence-corrected chi connectivity index (χ4v) is 3.31. The molecule has 1 aromatic carbocycles. The highest BCUT2D eigenvalue weighted by Crippen LogP contribution is 2.31. The van der Waals surface area contributed by atoms with Crippen LogP contribution < -0.4 is 9.64 Å². The minimum atomic E-state index is -0.576. The van der Waals surface area contributed by atoms with Gasteiger partial charge in [0.1, 0.15) is 5.75 Å². The molecule has 0 spiro atoms. The molecule has 1 N–H and O–H groups in total. The lowest BCUT2D eigenvalue weighted by molar-refractivity contribution is -0.883. The summed E-state index contributed by atoms with van der Waals surface area (Å²) in [6, 6.07) is 5.35. The van der Waals surface area contributed by atoms with Gasteiger partial charge in [0.15, 0.2) is 6.10 Å². The summed E-state index contributed by atoms with van der Waals surface area (Å²) in [4.78, 5) is 29.7. The second kappa shape index (κ2) is 6.99. The second-order valence-electron chi connectivity index (χ2n) is 6.59. The first-order valence-electron chi connectivity index (χ1n) is 8.23. The number of rotatable bonds is 3. The molecule has 2 amide bonds. The van der Waals surface area contributed by atoms with E-state index in [2.05, 4.69) is 7.05 Å². The monoisotopic (exact) mass is 352 g/mol. The molecule has 1 aromatic rings. The van der Waals surface area contributed by atoms with Crippen LogP contribution in [-0.4, -0.2) is 74.5 Å². The third-order valence-electron chi connectivity index (χ3n) is 4.69. The Kier molecular flexibility index (Phi) is 4.96. The molecule has 0 aromatic heterocycles. The van der Waals surface area contributed by atoms with Crippen LogP contribution in [0.4, 0.5) is 0 Å². The van der Waals surface area contributed by atoms with Crippen LogP contribution in [0, 0.1) is 0 Å². The summed E-state index contributed by atoms with van der Waals surface area (Å²) < 4.78 is 5.71. The first-order chi connectivity index (χ1) is 11.4. The maximum atomic E-state index is 12.6. The molecular weight excluding hydrogens is 330 g/mol. The second-order valence-corrected chi connectivity index (χ2v) is 7.03. The molecule has 2 aliphatic rings. The number of fused-ring (bicyclic) bond motifs is 1. The molecule has 7 heteroatoms. The van der Waals surface area contributed by atoms with E-state index in [0.29, 0.717) is 17.2 Å². The highest BCUT2D eigenvalue weighted by atomic mass is 35.5. The predicted molar refractivity (Wildman–Crippen MR) is 90.4 cm³/mol. The smallest absolute Gasteiger partial charge is 0.264 e. The van der Waals surface area contributed by atoms with Gasteiger partial charge in [-0.2, -0.15) is 0 Å². The average molecular weight is 353 g/mol. The predicted octanol–water partition coefficient (Wildman–Crippen LogP) is -0.541. The summed E-state index contributed by atoms with van der Waals surface area (Å²) in [7, 11) is 3.78. The van der Waals surface area contributed by atoms with Crippen molar-refractivity contribution in [2.45, 2.75) is 12.5 Å². The summed E-state index contributed by atoms with van der Waals surface area (Å²) in [5.41, 5.74) is 0.933. The van der Waals surface area contributed by atoms with Gasteiger partial charge < -0.3 is 19.4 Å². The fourth-order valence-electron chi connectivity index (χ4n) is 3.12. The van der Waals surface area contributed by atoms with Crippen molar-refractivity contribution in [1.82, 2.24) is 9.80 Å². The molecule has 2 aliphatic heterocycles. The van der Waals surface area contributed by atoms with Gasteiger partial charge in [-0.3, -0.25) is 9.59 Å². The number of piperazine rings is 1. The van der Waals surface area contributed by atoms with Gasteiger partial charge in [-0.15, -0.1) is 0 Å². The molecule has 130 valence electrons. The minimum absolute atomic E-state index is 0.00287. The Morgan fingerprint density at radius 1 is 1.38 bits per heavy atom. The van der Waals surface area contributed by atoms with Crippen molar-refractivity contribution in [2.75, 3.05) is 46.8 Å². The Balaban J connectivity index is 1.55. The van der Waals surface area contributed by atoms with Crippen molar-refractivity contribution in [3.63, 3.8) is 0 Å². The molecule has 1 saturated heterocycles. The highest BCUT2D eigenvalue weighted by Gasteiger charge is 2.32. The van der Waals surface area contributed by atoms with Crippen molar-refractivity contribution in [1.29, 1.82) is 0 Å². The van der Waals surface area contributed by atoms with Gasteiger partial charge in [0, 0.05) is 18.5 Å². The van der Waals surface area contributed by atoms with E-state index in [1.807, 2.05) is 11.0 Å². The van der Waals surface area contributed by atoms with Crippen molar-refractivity contribution in [3.8, 4) is 5.75 Å². The molecular formula is C17H23ClN3O3+. The van der Waals surface area contributed by atoms with E-state index in [9.17, 15) is 9.59 Å².